The lowest BCUT2D eigenvalue weighted by molar-refractivity contribution is -0.114. The lowest BCUT2D eigenvalue weighted by Gasteiger charge is -2.17. The molecule has 0 saturated heterocycles. The lowest BCUT2D eigenvalue weighted by atomic mass is 9.89. The van der Waals surface area contributed by atoms with Crippen LogP contribution < -0.4 is 0 Å². The summed E-state index contributed by atoms with van der Waals surface area (Å²) in [6.07, 6.45) is 6.13. The van der Waals surface area contributed by atoms with Crippen LogP contribution in [0.15, 0.2) is 9.64 Å². The molecule has 1 aliphatic carbocycles. The van der Waals surface area contributed by atoms with Crippen molar-refractivity contribution in [3.63, 3.8) is 0 Å². The fraction of sp³-hybridized carbons (Fsp3) is 0.727. The van der Waals surface area contributed by atoms with Crippen LogP contribution in [0.4, 0.5) is 0 Å². The van der Waals surface area contributed by atoms with Gasteiger partial charge in [-0.15, -0.1) is 10.2 Å². The van der Waals surface area contributed by atoms with Crippen molar-refractivity contribution in [2.24, 2.45) is 0 Å². The number of hydrogen-bond acceptors (Lipinski definition) is 5. The van der Waals surface area contributed by atoms with E-state index in [2.05, 4.69) is 10.2 Å². The van der Waals surface area contributed by atoms with Gasteiger partial charge in [0.15, 0.2) is 0 Å². The summed E-state index contributed by atoms with van der Waals surface area (Å²) in [5, 5.41) is 8.55. The predicted molar refractivity (Wildman–Crippen MR) is 61.5 cm³/mol. The Bertz CT molecular complexity index is 359. The first-order valence-electron chi connectivity index (χ1n) is 5.71. The molecular formula is C11H16N2O2S. The molecule has 16 heavy (non-hydrogen) atoms. The lowest BCUT2D eigenvalue weighted by Crippen LogP contribution is -2.04. The van der Waals surface area contributed by atoms with Gasteiger partial charge in [-0.05, 0) is 19.8 Å². The number of thioether (sulfide) groups is 1. The zero-order valence-corrected chi connectivity index (χ0v) is 10.3. The van der Waals surface area contributed by atoms with E-state index in [1.54, 1.807) is 6.92 Å². The summed E-state index contributed by atoms with van der Waals surface area (Å²) in [6, 6.07) is 0. The molecule has 1 aromatic rings. The molecule has 5 heteroatoms. The molecular weight excluding hydrogens is 224 g/mol. The number of Topliss-reactive ketones (excluding diaryl/α,β-unsaturated/α-hetero) is 1. The minimum absolute atomic E-state index is 0.127. The Labute approximate surface area is 99.2 Å². The van der Waals surface area contributed by atoms with Gasteiger partial charge in [0.25, 0.3) is 5.22 Å². The van der Waals surface area contributed by atoms with Crippen LogP contribution in [0.25, 0.3) is 0 Å². The average molecular weight is 240 g/mol. The second kappa shape index (κ2) is 5.48. The Morgan fingerprint density at radius 2 is 2.12 bits per heavy atom. The molecule has 0 bridgehead atoms. The Morgan fingerprint density at radius 3 is 2.81 bits per heavy atom. The van der Waals surface area contributed by atoms with Crippen molar-refractivity contribution in [3.05, 3.63) is 5.89 Å². The van der Waals surface area contributed by atoms with Crippen molar-refractivity contribution < 1.29 is 9.21 Å². The highest BCUT2D eigenvalue weighted by atomic mass is 32.2. The third-order valence-electron chi connectivity index (χ3n) is 2.78. The van der Waals surface area contributed by atoms with Gasteiger partial charge < -0.3 is 4.42 Å². The summed E-state index contributed by atoms with van der Waals surface area (Å²) in [4.78, 5) is 10.8. The largest absolute Gasteiger partial charge is 0.416 e. The maximum Gasteiger partial charge on any atom is 0.277 e. The van der Waals surface area contributed by atoms with E-state index >= 15 is 0 Å². The van der Waals surface area contributed by atoms with Crippen LogP contribution in [-0.2, 0) is 4.79 Å². The first kappa shape index (κ1) is 11.6. The quantitative estimate of drug-likeness (QED) is 0.757. The second-order valence-electron chi connectivity index (χ2n) is 4.23. The summed E-state index contributed by atoms with van der Waals surface area (Å²) in [6.45, 7) is 1.56. The van der Waals surface area contributed by atoms with E-state index in [-0.39, 0.29) is 5.78 Å². The normalized spacial score (nSPS) is 17.6. The van der Waals surface area contributed by atoms with Gasteiger partial charge in [-0.25, -0.2) is 0 Å². The number of carbonyl (C=O) groups excluding carboxylic acids is 1. The summed E-state index contributed by atoms with van der Waals surface area (Å²) in [5.74, 6) is 1.73. The maximum atomic E-state index is 10.8. The van der Waals surface area contributed by atoms with Crippen LogP contribution in [0.1, 0.15) is 50.8 Å². The molecule has 4 nitrogen and oxygen atoms in total. The van der Waals surface area contributed by atoms with Gasteiger partial charge >= 0.3 is 0 Å². The summed E-state index contributed by atoms with van der Waals surface area (Å²) < 4.78 is 5.56. The number of nitrogens with zero attached hydrogens (tertiary/aromatic N) is 2. The van der Waals surface area contributed by atoms with Crippen LogP contribution in [0.3, 0.4) is 0 Å². The second-order valence-corrected chi connectivity index (χ2v) is 5.16. The van der Waals surface area contributed by atoms with Crippen molar-refractivity contribution in [2.45, 2.75) is 50.2 Å². The van der Waals surface area contributed by atoms with Gasteiger partial charge in [0, 0.05) is 5.92 Å². The van der Waals surface area contributed by atoms with Crippen molar-refractivity contribution in [3.8, 4) is 0 Å². The molecule has 0 atom stereocenters. The first-order valence-corrected chi connectivity index (χ1v) is 6.70. The van der Waals surface area contributed by atoms with E-state index in [4.69, 9.17) is 4.42 Å². The van der Waals surface area contributed by atoms with Crippen molar-refractivity contribution in [2.75, 3.05) is 5.75 Å². The number of aromatic nitrogens is 2. The molecule has 0 aliphatic heterocycles. The summed E-state index contributed by atoms with van der Waals surface area (Å²) >= 11 is 1.32. The molecule has 1 aliphatic rings. The molecule has 2 rings (SSSR count). The van der Waals surface area contributed by atoms with Gasteiger partial charge in [0.2, 0.25) is 5.89 Å². The number of hydrogen-bond donors (Lipinski definition) is 0. The molecule has 0 amide bonds. The number of carbonyl (C=O) groups is 1. The van der Waals surface area contributed by atoms with E-state index < -0.39 is 0 Å². The van der Waals surface area contributed by atoms with E-state index in [1.165, 1.54) is 31.0 Å². The first-order chi connectivity index (χ1) is 7.75. The minimum Gasteiger partial charge on any atom is -0.416 e. The van der Waals surface area contributed by atoms with Crippen LogP contribution in [0, 0.1) is 0 Å². The minimum atomic E-state index is 0.127. The molecule has 1 saturated carbocycles. The molecule has 1 aromatic heterocycles. The van der Waals surface area contributed by atoms with Crippen molar-refractivity contribution in [1.82, 2.24) is 10.2 Å². The third kappa shape index (κ3) is 3.07. The Hall–Kier alpha value is -0.840. The Kier molecular flexibility index (Phi) is 3.98. The topological polar surface area (TPSA) is 56.0 Å². The van der Waals surface area contributed by atoms with Crippen molar-refractivity contribution in [1.29, 1.82) is 0 Å². The zero-order chi connectivity index (χ0) is 11.4. The highest BCUT2D eigenvalue weighted by Gasteiger charge is 2.21. The van der Waals surface area contributed by atoms with E-state index in [0.717, 1.165) is 18.7 Å². The van der Waals surface area contributed by atoms with Gasteiger partial charge in [0.05, 0.1) is 5.75 Å². The molecule has 0 N–H and O–H groups in total. The maximum absolute atomic E-state index is 10.8. The number of rotatable bonds is 4. The van der Waals surface area contributed by atoms with Crippen LogP contribution >= 0.6 is 11.8 Å². The SMILES string of the molecule is CC(=O)CSc1nnc(C2CCCCC2)o1. The highest BCUT2D eigenvalue weighted by molar-refractivity contribution is 7.99. The summed E-state index contributed by atoms with van der Waals surface area (Å²) in [7, 11) is 0. The van der Waals surface area contributed by atoms with E-state index in [1.807, 2.05) is 0 Å². The summed E-state index contributed by atoms with van der Waals surface area (Å²) in [5.41, 5.74) is 0. The van der Waals surface area contributed by atoms with Gasteiger partial charge in [-0.1, -0.05) is 31.0 Å². The van der Waals surface area contributed by atoms with Crippen molar-refractivity contribution >= 4 is 17.5 Å². The third-order valence-corrected chi connectivity index (χ3v) is 3.74. The van der Waals surface area contributed by atoms with Crippen LogP contribution in [0.5, 0.6) is 0 Å². The molecule has 1 heterocycles. The molecule has 0 aromatic carbocycles. The molecule has 1 fully saturated rings. The highest BCUT2D eigenvalue weighted by Crippen LogP contribution is 2.32. The zero-order valence-electron chi connectivity index (χ0n) is 9.44. The van der Waals surface area contributed by atoms with Crippen LogP contribution in [-0.4, -0.2) is 21.7 Å². The van der Waals surface area contributed by atoms with Crippen LogP contribution in [0.2, 0.25) is 0 Å². The van der Waals surface area contributed by atoms with Gasteiger partial charge in [-0.3, -0.25) is 4.79 Å². The molecule has 0 spiro atoms. The fourth-order valence-corrected chi connectivity index (χ4v) is 2.53. The van der Waals surface area contributed by atoms with Gasteiger partial charge in [0.1, 0.15) is 5.78 Å². The number of ketones is 1. The molecule has 88 valence electrons. The molecule has 0 unspecified atom stereocenters. The Morgan fingerprint density at radius 1 is 1.38 bits per heavy atom. The Balaban J connectivity index is 1.93. The standard InChI is InChI=1S/C11H16N2O2S/c1-8(14)7-16-11-13-12-10(15-11)9-5-3-2-4-6-9/h9H,2-7H2,1H3. The average Bonchev–Trinajstić information content (AvgIpc) is 2.76. The monoisotopic (exact) mass is 240 g/mol. The van der Waals surface area contributed by atoms with E-state index in [9.17, 15) is 4.79 Å². The molecule has 0 radical (unpaired) electrons. The van der Waals surface area contributed by atoms with E-state index in [0.29, 0.717) is 16.9 Å². The smallest absolute Gasteiger partial charge is 0.277 e. The van der Waals surface area contributed by atoms with Gasteiger partial charge in [-0.2, -0.15) is 0 Å². The predicted octanol–water partition coefficient (Wildman–Crippen LogP) is 2.80. The fourth-order valence-electron chi connectivity index (χ4n) is 1.96.